The number of hydrogen-bond acceptors (Lipinski definition) is 5. The molecule has 0 fully saturated rings. The highest BCUT2D eigenvalue weighted by molar-refractivity contribution is 5.95. The number of amides is 1. The van der Waals surface area contributed by atoms with Crippen LogP contribution in [0.25, 0.3) is 0 Å². The van der Waals surface area contributed by atoms with Gasteiger partial charge >= 0.3 is 5.97 Å². The molecule has 0 N–H and O–H groups in total. The zero-order valence-corrected chi connectivity index (χ0v) is 15.3. The predicted molar refractivity (Wildman–Crippen MR) is 99.9 cm³/mol. The van der Waals surface area contributed by atoms with Gasteiger partial charge in [0, 0.05) is 18.7 Å². The minimum atomic E-state index is -0.305. The van der Waals surface area contributed by atoms with Crippen LogP contribution in [0.1, 0.15) is 29.3 Å². The largest absolute Gasteiger partial charge is 0.466 e. The summed E-state index contributed by atoms with van der Waals surface area (Å²) in [7, 11) is 0. The number of esters is 1. The fourth-order valence-corrected chi connectivity index (χ4v) is 2.90. The van der Waals surface area contributed by atoms with Crippen molar-refractivity contribution in [3.63, 3.8) is 0 Å². The highest BCUT2D eigenvalue weighted by Crippen LogP contribution is 2.32. The lowest BCUT2D eigenvalue weighted by Crippen LogP contribution is -2.35. The Morgan fingerprint density at radius 3 is 2.59 bits per heavy atom. The first-order valence-corrected chi connectivity index (χ1v) is 9.06. The Balaban J connectivity index is 1.71. The normalized spacial score (nSPS) is 11.9. The number of rotatable bonds is 8. The first kappa shape index (κ1) is 18.8. The van der Waals surface area contributed by atoms with Gasteiger partial charge in [-0.3, -0.25) is 9.59 Å². The van der Waals surface area contributed by atoms with Gasteiger partial charge in [0.15, 0.2) is 11.5 Å². The first-order valence-electron chi connectivity index (χ1n) is 9.06. The summed E-state index contributed by atoms with van der Waals surface area (Å²) < 4.78 is 15.6. The highest BCUT2D eigenvalue weighted by Gasteiger charge is 2.21. The molecule has 6 heteroatoms. The van der Waals surface area contributed by atoms with E-state index in [9.17, 15) is 9.59 Å². The topological polar surface area (TPSA) is 65.1 Å². The van der Waals surface area contributed by atoms with Gasteiger partial charge < -0.3 is 19.1 Å². The van der Waals surface area contributed by atoms with E-state index in [0.29, 0.717) is 43.2 Å². The van der Waals surface area contributed by atoms with E-state index in [1.54, 1.807) is 30.0 Å². The van der Waals surface area contributed by atoms with E-state index in [2.05, 4.69) is 0 Å². The van der Waals surface area contributed by atoms with Crippen molar-refractivity contribution >= 4 is 11.9 Å². The molecule has 142 valence electrons. The first-order chi connectivity index (χ1) is 13.2. The average Bonchev–Trinajstić information content (AvgIpc) is 3.16. The van der Waals surface area contributed by atoms with Crippen molar-refractivity contribution in [3.05, 3.63) is 59.7 Å². The molecular formula is C21H23NO5. The zero-order valence-electron chi connectivity index (χ0n) is 15.3. The lowest BCUT2D eigenvalue weighted by atomic mass is 10.1. The Kier molecular flexibility index (Phi) is 6.30. The molecule has 0 spiro atoms. The summed E-state index contributed by atoms with van der Waals surface area (Å²) in [6, 6.07) is 15.1. The van der Waals surface area contributed by atoms with Gasteiger partial charge in [-0.15, -0.1) is 0 Å². The van der Waals surface area contributed by atoms with Crippen molar-refractivity contribution in [2.75, 3.05) is 26.5 Å². The van der Waals surface area contributed by atoms with Gasteiger partial charge in [0.1, 0.15) is 0 Å². The van der Waals surface area contributed by atoms with Crippen LogP contribution in [0.15, 0.2) is 48.5 Å². The molecule has 1 aliphatic rings. The maximum absolute atomic E-state index is 13.0. The Labute approximate surface area is 158 Å². The summed E-state index contributed by atoms with van der Waals surface area (Å²) in [5, 5.41) is 0. The van der Waals surface area contributed by atoms with Gasteiger partial charge in [0.25, 0.3) is 5.91 Å². The van der Waals surface area contributed by atoms with Gasteiger partial charge in [-0.05, 0) is 37.1 Å². The molecule has 2 aromatic carbocycles. The summed E-state index contributed by atoms with van der Waals surface area (Å²) >= 11 is 0. The quantitative estimate of drug-likeness (QED) is 0.669. The van der Waals surface area contributed by atoms with E-state index < -0.39 is 0 Å². The van der Waals surface area contributed by atoms with Gasteiger partial charge in [-0.2, -0.15) is 0 Å². The summed E-state index contributed by atoms with van der Waals surface area (Å²) in [5.74, 6) is 0.748. The van der Waals surface area contributed by atoms with Crippen LogP contribution in [0.3, 0.4) is 0 Å². The molecule has 0 bridgehead atoms. The molecule has 2 aromatic rings. The van der Waals surface area contributed by atoms with Crippen LogP contribution in [-0.4, -0.2) is 43.3 Å². The van der Waals surface area contributed by atoms with Crippen LogP contribution in [0, 0.1) is 0 Å². The molecule has 27 heavy (non-hydrogen) atoms. The second kappa shape index (κ2) is 9.07. The standard InChI is InChI=1S/C21H23NO5/c1-2-25-20(23)11-13-22(12-10-16-6-4-3-5-7-16)21(24)17-8-9-18-19(14-17)27-15-26-18/h3-9,14H,2,10-13,15H2,1H3. The number of hydrogen-bond donors (Lipinski definition) is 0. The van der Waals surface area contributed by atoms with Gasteiger partial charge in [0.05, 0.1) is 13.0 Å². The van der Waals surface area contributed by atoms with E-state index in [4.69, 9.17) is 14.2 Å². The molecule has 0 saturated heterocycles. The van der Waals surface area contributed by atoms with Crippen LogP contribution in [0.5, 0.6) is 11.5 Å². The minimum Gasteiger partial charge on any atom is -0.466 e. The van der Waals surface area contributed by atoms with E-state index in [-0.39, 0.29) is 25.1 Å². The third kappa shape index (κ3) is 5.00. The number of nitrogens with zero attached hydrogens (tertiary/aromatic N) is 1. The number of carbonyl (C=O) groups is 2. The van der Waals surface area contributed by atoms with Crippen molar-refractivity contribution < 1.29 is 23.8 Å². The van der Waals surface area contributed by atoms with Crippen molar-refractivity contribution in [2.24, 2.45) is 0 Å². The van der Waals surface area contributed by atoms with Gasteiger partial charge in [0.2, 0.25) is 6.79 Å². The van der Waals surface area contributed by atoms with Crippen molar-refractivity contribution in [2.45, 2.75) is 19.8 Å². The van der Waals surface area contributed by atoms with E-state index in [1.165, 1.54) is 0 Å². The van der Waals surface area contributed by atoms with Crippen LogP contribution in [-0.2, 0) is 16.0 Å². The summed E-state index contributed by atoms with van der Waals surface area (Å²) in [6.07, 6.45) is 0.874. The average molecular weight is 369 g/mol. The fourth-order valence-electron chi connectivity index (χ4n) is 2.90. The molecule has 0 unspecified atom stereocenters. The maximum Gasteiger partial charge on any atom is 0.307 e. The minimum absolute atomic E-state index is 0.145. The van der Waals surface area contributed by atoms with E-state index in [1.807, 2.05) is 30.3 Å². The molecule has 0 atom stereocenters. The fraction of sp³-hybridized carbons (Fsp3) is 0.333. The number of ether oxygens (including phenoxy) is 3. The maximum atomic E-state index is 13.0. The van der Waals surface area contributed by atoms with Crippen molar-refractivity contribution in [1.82, 2.24) is 4.90 Å². The smallest absolute Gasteiger partial charge is 0.307 e. The van der Waals surface area contributed by atoms with Crippen molar-refractivity contribution in [3.8, 4) is 11.5 Å². The van der Waals surface area contributed by atoms with Gasteiger partial charge in [-0.25, -0.2) is 0 Å². The summed E-state index contributed by atoms with van der Waals surface area (Å²) in [5.41, 5.74) is 1.65. The van der Waals surface area contributed by atoms with Crippen molar-refractivity contribution in [1.29, 1.82) is 0 Å². The Bertz CT molecular complexity index is 790. The third-order valence-electron chi connectivity index (χ3n) is 4.31. The monoisotopic (exact) mass is 369 g/mol. The number of benzene rings is 2. The SMILES string of the molecule is CCOC(=O)CCN(CCc1ccccc1)C(=O)c1ccc2c(c1)OCO2. The molecule has 6 nitrogen and oxygen atoms in total. The Hall–Kier alpha value is -3.02. The third-order valence-corrected chi connectivity index (χ3v) is 4.31. The Morgan fingerprint density at radius 2 is 1.81 bits per heavy atom. The molecule has 1 aliphatic heterocycles. The molecule has 0 saturated carbocycles. The molecule has 1 heterocycles. The summed E-state index contributed by atoms with van der Waals surface area (Å²) in [4.78, 5) is 26.4. The van der Waals surface area contributed by atoms with Gasteiger partial charge in [-0.1, -0.05) is 30.3 Å². The predicted octanol–water partition coefficient (Wildman–Crippen LogP) is 3.05. The number of fused-ring (bicyclic) bond motifs is 1. The molecule has 1 amide bonds. The number of carbonyl (C=O) groups excluding carboxylic acids is 2. The lowest BCUT2D eigenvalue weighted by molar-refractivity contribution is -0.143. The Morgan fingerprint density at radius 1 is 1.04 bits per heavy atom. The summed E-state index contributed by atoms with van der Waals surface area (Å²) in [6.45, 7) is 3.07. The molecule has 0 aliphatic carbocycles. The lowest BCUT2D eigenvalue weighted by Gasteiger charge is -2.22. The second-order valence-electron chi connectivity index (χ2n) is 6.15. The van der Waals surface area contributed by atoms with E-state index >= 15 is 0 Å². The van der Waals surface area contributed by atoms with Crippen LogP contribution in [0.2, 0.25) is 0 Å². The van der Waals surface area contributed by atoms with Crippen LogP contribution < -0.4 is 9.47 Å². The van der Waals surface area contributed by atoms with Crippen LogP contribution in [0.4, 0.5) is 0 Å². The second-order valence-corrected chi connectivity index (χ2v) is 6.15. The van der Waals surface area contributed by atoms with E-state index in [0.717, 1.165) is 5.56 Å². The zero-order chi connectivity index (χ0) is 19.1. The van der Waals surface area contributed by atoms with Crippen LogP contribution >= 0.6 is 0 Å². The molecule has 3 rings (SSSR count). The molecule has 0 radical (unpaired) electrons. The molecular weight excluding hydrogens is 346 g/mol. The highest BCUT2D eigenvalue weighted by atomic mass is 16.7. The molecule has 0 aromatic heterocycles.